The fourth-order valence-corrected chi connectivity index (χ4v) is 3.75. The van der Waals surface area contributed by atoms with Crippen molar-refractivity contribution >= 4 is 17.7 Å². The van der Waals surface area contributed by atoms with Crippen LogP contribution in [0.5, 0.6) is 0 Å². The third kappa shape index (κ3) is 3.82. The van der Waals surface area contributed by atoms with E-state index in [4.69, 9.17) is 0 Å². The summed E-state index contributed by atoms with van der Waals surface area (Å²) in [6, 6.07) is 19.6. The standard InChI is InChI=1S/C24H18F2N2O3/c25-18-11-12-20(26)19(13-18)21(29)15-28-22(30)24(27-23(28)31,17-9-5-2-6-10-17)14-16-7-3-1-4-8-16/h1-13H,14-15H2,(H,27,31)/t24-/m0/s1. The molecule has 7 heteroatoms. The highest BCUT2D eigenvalue weighted by molar-refractivity contribution is 6.11. The maximum atomic E-state index is 14.0. The van der Waals surface area contributed by atoms with Crippen molar-refractivity contribution in [3.63, 3.8) is 0 Å². The number of carbonyl (C=O) groups excluding carboxylic acids is 3. The lowest BCUT2D eigenvalue weighted by molar-refractivity contribution is -0.131. The van der Waals surface area contributed by atoms with Crippen molar-refractivity contribution in [3.05, 3.63) is 107 Å². The van der Waals surface area contributed by atoms with Crippen molar-refractivity contribution in [1.82, 2.24) is 10.2 Å². The molecule has 1 saturated heterocycles. The van der Waals surface area contributed by atoms with E-state index >= 15 is 0 Å². The van der Waals surface area contributed by atoms with Crippen molar-refractivity contribution in [1.29, 1.82) is 0 Å². The summed E-state index contributed by atoms with van der Waals surface area (Å²) in [5.41, 5.74) is -0.560. The van der Waals surface area contributed by atoms with Crippen LogP contribution in [0, 0.1) is 11.6 Å². The Morgan fingerprint density at radius 3 is 2.23 bits per heavy atom. The minimum absolute atomic E-state index is 0.168. The molecule has 156 valence electrons. The molecule has 0 unspecified atom stereocenters. The first-order valence-corrected chi connectivity index (χ1v) is 9.62. The number of hydrogen-bond acceptors (Lipinski definition) is 3. The Morgan fingerprint density at radius 2 is 1.55 bits per heavy atom. The molecule has 5 nitrogen and oxygen atoms in total. The lowest BCUT2D eigenvalue weighted by Crippen LogP contribution is -2.46. The number of imide groups is 1. The molecule has 0 radical (unpaired) electrons. The Hall–Kier alpha value is -3.87. The molecule has 0 aliphatic carbocycles. The lowest BCUT2D eigenvalue weighted by atomic mass is 9.83. The van der Waals surface area contributed by atoms with Crippen LogP contribution in [0.2, 0.25) is 0 Å². The van der Waals surface area contributed by atoms with Crippen LogP contribution in [0.1, 0.15) is 21.5 Å². The van der Waals surface area contributed by atoms with E-state index in [0.717, 1.165) is 28.7 Å². The largest absolute Gasteiger partial charge is 0.325 e. The van der Waals surface area contributed by atoms with Gasteiger partial charge in [0.15, 0.2) is 11.3 Å². The predicted molar refractivity (Wildman–Crippen MR) is 109 cm³/mol. The normalized spacial score (nSPS) is 18.2. The smallest absolute Gasteiger partial charge is 0.319 e. The van der Waals surface area contributed by atoms with E-state index in [1.54, 1.807) is 30.3 Å². The maximum absolute atomic E-state index is 14.0. The average molecular weight is 420 g/mol. The third-order valence-corrected chi connectivity index (χ3v) is 5.28. The van der Waals surface area contributed by atoms with Gasteiger partial charge in [-0.05, 0) is 29.3 Å². The summed E-state index contributed by atoms with van der Waals surface area (Å²) < 4.78 is 27.5. The van der Waals surface area contributed by atoms with Gasteiger partial charge in [-0.1, -0.05) is 60.7 Å². The molecule has 1 N–H and O–H groups in total. The number of carbonyl (C=O) groups is 3. The molecule has 0 spiro atoms. The first-order valence-electron chi connectivity index (χ1n) is 9.62. The Kier molecular flexibility index (Phi) is 5.33. The van der Waals surface area contributed by atoms with Crippen LogP contribution in [0.4, 0.5) is 13.6 Å². The molecule has 1 atom stereocenters. The molecule has 0 bridgehead atoms. The summed E-state index contributed by atoms with van der Waals surface area (Å²) in [5, 5.41) is 2.73. The number of benzene rings is 3. The number of nitrogens with zero attached hydrogens (tertiary/aromatic N) is 1. The van der Waals surface area contributed by atoms with Gasteiger partial charge in [-0.15, -0.1) is 0 Å². The monoisotopic (exact) mass is 420 g/mol. The van der Waals surface area contributed by atoms with Crippen molar-refractivity contribution < 1.29 is 23.2 Å². The number of halogens is 2. The van der Waals surface area contributed by atoms with Crippen molar-refractivity contribution in [2.45, 2.75) is 12.0 Å². The molecule has 1 aliphatic heterocycles. The minimum atomic E-state index is -1.42. The van der Waals surface area contributed by atoms with Crippen LogP contribution in [0.3, 0.4) is 0 Å². The second kappa shape index (κ2) is 8.10. The van der Waals surface area contributed by atoms with Crippen LogP contribution < -0.4 is 5.32 Å². The molecular formula is C24H18F2N2O3. The molecule has 4 rings (SSSR count). The highest BCUT2D eigenvalue weighted by Gasteiger charge is 2.52. The van der Waals surface area contributed by atoms with Gasteiger partial charge >= 0.3 is 6.03 Å². The van der Waals surface area contributed by atoms with Crippen LogP contribution in [-0.2, 0) is 16.8 Å². The molecule has 31 heavy (non-hydrogen) atoms. The highest BCUT2D eigenvalue weighted by Crippen LogP contribution is 2.33. The van der Waals surface area contributed by atoms with E-state index in [9.17, 15) is 23.2 Å². The van der Waals surface area contributed by atoms with Gasteiger partial charge in [-0.3, -0.25) is 14.5 Å². The number of ketones is 1. The fraction of sp³-hybridized carbons (Fsp3) is 0.125. The topological polar surface area (TPSA) is 66.5 Å². The number of rotatable bonds is 6. The molecule has 0 saturated carbocycles. The van der Waals surface area contributed by atoms with E-state index in [1.807, 2.05) is 30.3 Å². The maximum Gasteiger partial charge on any atom is 0.325 e. The summed E-state index contributed by atoms with van der Waals surface area (Å²) in [7, 11) is 0. The van der Waals surface area contributed by atoms with Crippen LogP contribution in [0.15, 0.2) is 78.9 Å². The van der Waals surface area contributed by atoms with E-state index < -0.39 is 47.0 Å². The Labute approximate surface area is 177 Å². The van der Waals surface area contributed by atoms with Gasteiger partial charge in [0, 0.05) is 6.42 Å². The molecule has 0 aromatic heterocycles. The number of nitrogens with one attached hydrogen (secondary N) is 1. The second-order valence-corrected chi connectivity index (χ2v) is 7.30. The molecule has 3 aromatic carbocycles. The van der Waals surface area contributed by atoms with Crippen LogP contribution in [-0.4, -0.2) is 29.2 Å². The van der Waals surface area contributed by atoms with Gasteiger partial charge < -0.3 is 5.32 Å². The average Bonchev–Trinajstić information content (AvgIpc) is 3.01. The molecular weight excluding hydrogens is 402 g/mol. The second-order valence-electron chi connectivity index (χ2n) is 7.30. The molecule has 3 amide bonds. The summed E-state index contributed by atoms with van der Waals surface area (Å²) in [6.45, 7) is -0.700. The predicted octanol–water partition coefficient (Wildman–Crippen LogP) is 3.84. The van der Waals surface area contributed by atoms with E-state index in [0.29, 0.717) is 5.56 Å². The quantitative estimate of drug-likeness (QED) is 0.487. The van der Waals surface area contributed by atoms with Gasteiger partial charge in [0.05, 0.1) is 12.1 Å². The Bertz CT molecular complexity index is 1150. The first kappa shape index (κ1) is 20.4. The number of Topliss-reactive ketones (excluding diaryl/α,β-unsaturated/α-hetero) is 1. The molecule has 1 fully saturated rings. The Balaban J connectivity index is 1.69. The van der Waals surface area contributed by atoms with Crippen LogP contribution in [0.25, 0.3) is 0 Å². The van der Waals surface area contributed by atoms with E-state index in [2.05, 4.69) is 5.32 Å². The van der Waals surface area contributed by atoms with E-state index in [-0.39, 0.29) is 6.42 Å². The van der Waals surface area contributed by atoms with Gasteiger partial charge in [0.25, 0.3) is 5.91 Å². The number of urea groups is 1. The number of amides is 3. The molecule has 1 aliphatic rings. The number of hydrogen-bond donors (Lipinski definition) is 1. The van der Waals surface area contributed by atoms with Gasteiger partial charge in [-0.2, -0.15) is 0 Å². The summed E-state index contributed by atoms with van der Waals surface area (Å²) in [4.78, 5) is 39.6. The first-order chi connectivity index (χ1) is 14.9. The highest BCUT2D eigenvalue weighted by atomic mass is 19.1. The zero-order chi connectivity index (χ0) is 22.0. The van der Waals surface area contributed by atoms with Crippen molar-refractivity contribution in [2.75, 3.05) is 6.54 Å². The van der Waals surface area contributed by atoms with Crippen molar-refractivity contribution in [2.24, 2.45) is 0 Å². The zero-order valence-electron chi connectivity index (χ0n) is 16.3. The fourth-order valence-electron chi connectivity index (χ4n) is 3.75. The zero-order valence-corrected chi connectivity index (χ0v) is 16.3. The summed E-state index contributed by atoms with van der Waals surface area (Å²) >= 11 is 0. The van der Waals surface area contributed by atoms with Gasteiger partial charge in [0.1, 0.15) is 11.6 Å². The SMILES string of the molecule is O=C(CN1C(=O)N[C@@](Cc2ccccc2)(c2ccccc2)C1=O)c1cc(F)ccc1F. The molecule has 3 aromatic rings. The summed E-state index contributed by atoms with van der Waals surface area (Å²) in [5.74, 6) is -3.21. The van der Waals surface area contributed by atoms with Gasteiger partial charge in [0.2, 0.25) is 0 Å². The van der Waals surface area contributed by atoms with Gasteiger partial charge in [-0.25, -0.2) is 13.6 Å². The third-order valence-electron chi connectivity index (χ3n) is 5.28. The Morgan fingerprint density at radius 1 is 0.903 bits per heavy atom. The minimum Gasteiger partial charge on any atom is -0.319 e. The van der Waals surface area contributed by atoms with Crippen LogP contribution >= 0.6 is 0 Å². The summed E-state index contributed by atoms with van der Waals surface area (Å²) in [6.07, 6.45) is 0.168. The lowest BCUT2D eigenvalue weighted by Gasteiger charge is -2.27. The van der Waals surface area contributed by atoms with E-state index in [1.165, 1.54) is 0 Å². The van der Waals surface area contributed by atoms with Crippen molar-refractivity contribution in [3.8, 4) is 0 Å². The molecule has 1 heterocycles.